The summed E-state index contributed by atoms with van der Waals surface area (Å²) in [6.07, 6.45) is 1.81. The molecule has 2 N–H and O–H groups in total. The number of anilines is 2. The molecule has 2 rings (SSSR count). The summed E-state index contributed by atoms with van der Waals surface area (Å²) in [6, 6.07) is 6.18. The maximum Gasteiger partial charge on any atom is 0.323 e. The van der Waals surface area contributed by atoms with Gasteiger partial charge in [0.15, 0.2) is 9.84 Å². The van der Waals surface area contributed by atoms with Crippen molar-refractivity contribution in [1.29, 1.82) is 0 Å². The van der Waals surface area contributed by atoms with Gasteiger partial charge in [0, 0.05) is 16.1 Å². The summed E-state index contributed by atoms with van der Waals surface area (Å²) in [6.45, 7) is 3.24. The molecule has 130 valence electrons. The molecule has 24 heavy (non-hydrogen) atoms. The summed E-state index contributed by atoms with van der Waals surface area (Å²) in [5.74, 6) is 0. The number of carbonyl (C=O) groups is 1. The minimum absolute atomic E-state index is 0.177. The predicted octanol–water partition coefficient (Wildman–Crippen LogP) is 4.95. The number of nitrogens with one attached hydrogen (secondary N) is 2. The van der Waals surface area contributed by atoms with Crippen molar-refractivity contribution in [3.8, 4) is 0 Å². The first-order valence-electron chi connectivity index (χ1n) is 6.98. The summed E-state index contributed by atoms with van der Waals surface area (Å²) in [7, 11) is -3.51. The molecule has 0 fully saturated rings. The molecule has 0 spiro atoms. The van der Waals surface area contributed by atoms with Gasteiger partial charge in [0.2, 0.25) is 0 Å². The quantitative estimate of drug-likeness (QED) is 0.691. The number of amides is 2. The Bertz CT molecular complexity index is 847. The molecule has 9 heteroatoms. The summed E-state index contributed by atoms with van der Waals surface area (Å²) in [5.41, 5.74) is 0.811. The fraction of sp³-hybridized carbons (Fsp3) is 0.267. The molecule has 1 aromatic carbocycles. The lowest BCUT2D eigenvalue weighted by Crippen LogP contribution is -2.22. The van der Waals surface area contributed by atoms with Crippen molar-refractivity contribution in [3.05, 3.63) is 34.7 Å². The Morgan fingerprint density at radius 2 is 2.00 bits per heavy atom. The molecule has 0 aliphatic heterocycles. The average Bonchev–Trinajstić information content (AvgIpc) is 2.90. The molecular weight excluding hydrogens is 388 g/mol. The number of urea groups is 1. The minimum Gasteiger partial charge on any atom is -0.308 e. The number of hydrogen-bond acceptors (Lipinski definition) is 5. The monoisotopic (exact) mass is 404 g/mol. The van der Waals surface area contributed by atoms with Gasteiger partial charge >= 0.3 is 6.03 Å². The number of carbonyl (C=O) groups excluding carboxylic acids is 1. The molecule has 0 radical (unpaired) electrons. The number of thioether (sulfide) groups is 1. The van der Waals surface area contributed by atoms with Crippen LogP contribution in [0, 0.1) is 0 Å². The van der Waals surface area contributed by atoms with Gasteiger partial charge in [-0.25, -0.2) is 13.2 Å². The van der Waals surface area contributed by atoms with Gasteiger partial charge in [0.1, 0.15) is 4.90 Å². The SMILES string of the molecule is CSc1scc(NC(=O)Nc2cccc(Cl)c2)c1S(=O)(=O)C(C)C. The van der Waals surface area contributed by atoms with Gasteiger partial charge in [-0.15, -0.1) is 23.1 Å². The highest BCUT2D eigenvalue weighted by Crippen LogP contribution is 2.39. The highest BCUT2D eigenvalue weighted by molar-refractivity contribution is 8.01. The van der Waals surface area contributed by atoms with Gasteiger partial charge in [0.25, 0.3) is 0 Å². The Labute approximate surface area is 154 Å². The van der Waals surface area contributed by atoms with E-state index in [0.29, 0.717) is 14.9 Å². The van der Waals surface area contributed by atoms with E-state index in [1.807, 2.05) is 0 Å². The van der Waals surface area contributed by atoms with Crippen molar-refractivity contribution in [2.75, 3.05) is 16.9 Å². The van der Waals surface area contributed by atoms with Crippen molar-refractivity contribution in [2.45, 2.75) is 28.2 Å². The summed E-state index contributed by atoms with van der Waals surface area (Å²) in [5, 5.41) is 6.81. The standard InChI is InChI=1S/C15H17ClN2O3S3/c1-9(2)24(20,21)13-12(8-23-14(13)22-3)18-15(19)17-11-6-4-5-10(16)7-11/h4-9H,1-3H3,(H2,17,18,19). The van der Waals surface area contributed by atoms with E-state index in [1.54, 1.807) is 49.7 Å². The summed E-state index contributed by atoms with van der Waals surface area (Å²) < 4.78 is 25.8. The summed E-state index contributed by atoms with van der Waals surface area (Å²) in [4.78, 5) is 12.4. The van der Waals surface area contributed by atoms with Crippen LogP contribution in [0.25, 0.3) is 0 Å². The van der Waals surface area contributed by atoms with Crippen LogP contribution >= 0.6 is 34.7 Å². The zero-order valence-electron chi connectivity index (χ0n) is 13.3. The van der Waals surface area contributed by atoms with Crippen LogP contribution < -0.4 is 10.6 Å². The molecule has 0 saturated heterocycles. The van der Waals surface area contributed by atoms with E-state index in [9.17, 15) is 13.2 Å². The lowest BCUT2D eigenvalue weighted by molar-refractivity contribution is 0.262. The van der Waals surface area contributed by atoms with E-state index < -0.39 is 21.1 Å². The molecule has 1 heterocycles. The van der Waals surface area contributed by atoms with Crippen LogP contribution in [0.5, 0.6) is 0 Å². The number of sulfone groups is 1. The normalized spacial score (nSPS) is 11.5. The second-order valence-electron chi connectivity index (χ2n) is 5.15. The first-order chi connectivity index (χ1) is 11.3. The number of rotatable bonds is 5. The number of hydrogen-bond donors (Lipinski definition) is 2. The van der Waals surface area contributed by atoms with E-state index >= 15 is 0 Å². The highest BCUT2D eigenvalue weighted by Gasteiger charge is 2.28. The fourth-order valence-electron chi connectivity index (χ4n) is 1.91. The molecule has 2 amide bonds. The molecule has 0 saturated carbocycles. The average molecular weight is 405 g/mol. The first-order valence-corrected chi connectivity index (χ1v) is 11.0. The second kappa shape index (κ2) is 7.77. The highest BCUT2D eigenvalue weighted by atomic mass is 35.5. The molecule has 0 aliphatic rings. The van der Waals surface area contributed by atoms with Gasteiger partial charge in [-0.1, -0.05) is 17.7 Å². The third-order valence-electron chi connectivity index (χ3n) is 3.14. The fourth-order valence-corrected chi connectivity index (χ4v) is 5.83. The van der Waals surface area contributed by atoms with Crippen molar-refractivity contribution in [2.24, 2.45) is 0 Å². The lowest BCUT2D eigenvalue weighted by Gasteiger charge is -2.12. The molecule has 0 bridgehead atoms. The van der Waals surface area contributed by atoms with Gasteiger partial charge in [-0.3, -0.25) is 0 Å². The molecule has 0 unspecified atom stereocenters. The number of thiophene rings is 1. The molecule has 5 nitrogen and oxygen atoms in total. The van der Waals surface area contributed by atoms with Gasteiger partial charge in [-0.2, -0.15) is 0 Å². The van der Waals surface area contributed by atoms with Crippen LogP contribution in [0.1, 0.15) is 13.8 Å². The van der Waals surface area contributed by atoms with Crippen LogP contribution in [0.3, 0.4) is 0 Å². The smallest absolute Gasteiger partial charge is 0.308 e. The van der Waals surface area contributed by atoms with E-state index in [1.165, 1.54) is 23.1 Å². The Morgan fingerprint density at radius 1 is 1.29 bits per heavy atom. The third kappa shape index (κ3) is 4.24. The van der Waals surface area contributed by atoms with Crippen molar-refractivity contribution in [1.82, 2.24) is 0 Å². The summed E-state index contributed by atoms with van der Waals surface area (Å²) >= 11 is 8.51. The molecule has 2 aromatic rings. The Balaban J connectivity index is 2.27. The molecule has 0 atom stereocenters. The number of halogens is 1. The van der Waals surface area contributed by atoms with Crippen LogP contribution in [0.15, 0.2) is 38.8 Å². The number of benzene rings is 1. The van der Waals surface area contributed by atoms with E-state index in [4.69, 9.17) is 11.6 Å². The van der Waals surface area contributed by atoms with E-state index in [-0.39, 0.29) is 10.6 Å². The Kier molecular flexibility index (Phi) is 6.19. The Morgan fingerprint density at radius 3 is 2.58 bits per heavy atom. The van der Waals surface area contributed by atoms with Crippen molar-refractivity contribution < 1.29 is 13.2 Å². The van der Waals surface area contributed by atoms with E-state index in [2.05, 4.69) is 10.6 Å². The maximum absolute atomic E-state index is 12.6. The van der Waals surface area contributed by atoms with Gasteiger partial charge < -0.3 is 10.6 Å². The largest absolute Gasteiger partial charge is 0.323 e. The minimum atomic E-state index is -3.51. The third-order valence-corrected chi connectivity index (χ3v) is 8.00. The van der Waals surface area contributed by atoms with Gasteiger partial charge in [0.05, 0.1) is 15.1 Å². The van der Waals surface area contributed by atoms with Crippen LogP contribution in [-0.2, 0) is 9.84 Å². The lowest BCUT2D eigenvalue weighted by atomic mass is 10.3. The first kappa shape index (κ1) is 19.1. The van der Waals surface area contributed by atoms with E-state index in [0.717, 1.165) is 0 Å². The van der Waals surface area contributed by atoms with Crippen molar-refractivity contribution >= 4 is 61.9 Å². The van der Waals surface area contributed by atoms with Crippen molar-refractivity contribution in [3.63, 3.8) is 0 Å². The van der Waals surface area contributed by atoms with Crippen LogP contribution in [0.2, 0.25) is 5.02 Å². The Hall–Kier alpha value is -1.22. The predicted molar refractivity (Wildman–Crippen MR) is 103 cm³/mol. The zero-order valence-corrected chi connectivity index (χ0v) is 16.5. The second-order valence-corrected chi connectivity index (χ2v) is 9.99. The van der Waals surface area contributed by atoms with Crippen LogP contribution in [-0.4, -0.2) is 26.0 Å². The maximum atomic E-state index is 12.6. The topological polar surface area (TPSA) is 75.3 Å². The molecular formula is C15H17ClN2O3S3. The molecule has 0 aliphatic carbocycles. The zero-order chi connectivity index (χ0) is 17.9. The van der Waals surface area contributed by atoms with Gasteiger partial charge in [-0.05, 0) is 38.3 Å². The molecule has 1 aromatic heterocycles. The van der Waals surface area contributed by atoms with Crippen LogP contribution in [0.4, 0.5) is 16.2 Å².